The highest BCUT2D eigenvalue weighted by Gasteiger charge is 2.26. The summed E-state index contributed by atoms with van der Waals surface area (Å²) >= 11 is 0. The molecule has 0 bridgehead atoms. The van der Waals surface area contributed by atoms with Gasteiger partial charge in [0.2, 0.25) is 11.8 Å². The second-order valence-corrected chi connectivity index (χ2v) is 7.09. The number of H-pyrrole nitrogens is 1. The molecule has 0 fully saturated rings. The molecule has 2 atom stereocenters. The van der Waals surface area contributed by atoms with Gasteiger partial charge < -0.3 is 30.8 Å². The second kappa shape index (κ2) is 10.2. The molecule has 0 spiro atoms. The Morgan fingerprint density at radius 1 is 1.13 bits per heavy atom. The Bertz CT molecular complexity index is 919. The van der Waals surface area contributed by atoms with Crippen LogP contribution in [0, 0.1) is 5.92 Å². The highest BCUT2D eigenvalue weighted by molar-refractivity contribution is 6.00. The van der Waals surface area contributed by atoms with Crippen molar-refractivity contribution in [2.24, 2.45) is 5.92 Å². The maximum absolute atomic E-state index is 12.6. The number of rotatable bonds is 10. The van der Waals surface area contributed by atoms with Crippen LogP contribution < -0.4 is 16.0 Å². The van der Waals surface area contributed by atoms with Crippen molar-refractivity contribution in [1.82, 2.24) is 20.9 Å². The van der Waals surface area contributed by atoms with Gasteiger partial charge in [0, 0.05) is 10.9 Å². The van der Waals surface area contributed by atoms with Gasteiger partial charge in [0.15, 0.2) is 0 Å². The van der Waals surface area contributed by atoms with Gasteiger partial charge in [-0.1, -0.05) is 32.0 Å². The van der Waals surface area contributed by atoms with Gasteiger partial charge in [0.25, 0.3) is 5.91 Å². The molecule has 1 aromatic heterocycles. The molecule has 2 rings (SSSR count). The van der Waals surface area contributed by atoms with Gasteiger partial charge in [0.1, 0.15) is 18.0 Å². The Morgan fingerprint density at radius 3 is 2.43 bits per heavy atom. The molecule has 0 aliphatic rings. The Balaban J connectivity index is 1.95. The summed E-state index contributed by atoms with van der Waals surface area (Å²) in [5.41, 5.74) is 1.09. The van der Waals surface area contributed by atoms with Crippen molar-refractivity contribution in [2.45, 2.75) is 32.4 Å². The number of benzene rings is 1. The minimum atomic E-state index is -1.24. The Labute approximate surface area is 172 Å². The molecule has 0 aliphatic carbocycles. The number of carboxylic acid groups (broad SMARTS) is 1. The van der Waals surface area contributed by atoms with Crippen LogP contribution >= 0.6 is 0 Å². The van der Waals surface area contributed by atoms with Gasteiger partial charge in [-0.25, -0.2) is 0 Å². The summed E-state index contributed by atoms with van der Waals surface area (Å²) in [6, 6.07) is 6.95. The lowest BCUT2D eigenvalue weighted by Crippen LogP contribution is -2.52. The number of aromatic nitrogens is 1. The molecule has 0 saturated heterocycles. The van der Waals surface area contributed by atoms with Gasteiger partial charge >= 0.3 is 5.97 Å². The first kappa shape index (κ1) is 22.6. The summed E-state index contributed by atoms with van der Waals surface area (Å²) in [5, 5.41) is 16.8. The zero-order valence-electron chi connectivity index (χ0n) is 16.6. The van der Waals surface area contributed by atoms with Gasteiger partial charge in [-0.15, -0.1) is 0 Å². The second-order valence-electron chi connectivity index (χ2n) is 7.09. The molecule has 3 amide bonds. The number of aldehydes is 1. The summed E-state index contributed by atoms with van der Waals surface area (Å²) in [7, 11) is 0. The van der Waals surface area contributed by atoms with E-state index in [4.69, 9.17) is 5.11 Å². The fourth-order valence-electron chi connectivity index (χ4n) is 2.81. The van der Waals surface area contributed by atoms with Crippen LogP contribution in [-0.2, 0) is 19.2 Å². The molecule has 0 saturated carbocycles. The highest BCUT2D eigenvalue weighted by atomic mass is 16.4. The largest absolute Gasteiger partial charge is 0.481 e. The molecule has 10 nitrogen and oxygen atoms in total. The number of para-hydroxylation sites is 1. The number of fused-ring (bicyclic) bond motifs is 1. The number of aromatic amines is 1. The van der Waals surface area contributed by atoms with E-state index in [1.807, 2.05) is 24.3 Å². The van der Waals surface area contributed by atoms with Crippen LogP contribution in [0.15, 0.2) is 30.3 Å². The van der Waals surface area contributed by atoms with E-state index >= 15 is 0 Å². The van der Waals surface area contributed by atoms with E-state index in [1.54, 1.807) is 19.9 Å². The first-order valence-corrected chi connectivity index (χ1v) is 9.34. The maximum atomic E-state index is 12.6. The van der Waals surface area contributed by atoms with Crippen LogP contribution in [0.4, 0.5) is 0 Å². The molecule has 30 heavy (non-hydrogen) atoms. The number of carbonyl (C=O) groups excluding carboxylic acids is 4. The molecule has 10 heteroatoms. The number of carboxylic acids is 1. The first-order chi connectivity index (χ1) is 14.2. The van der Waals surface area contributed by atoms with E-state index in [-0.39, 0.29) is 5.92 Å². The fourth-order valence-corrected chi connectivity index (χ4v) is 2.81. The van der Waals surface area contributed by atoms with Crippen molar-refractivity contribution < 1.29 is 29.1 Å². The van der Waals surface area contributed by atoms with Crippen LogP contribution in [-0.4, -0.2) is 58.7 Å². The lowest BCUT2D eigenvalue weighted by atomic mass is 10.0. The predicted octanol–water partition coefficient (Wildman–Crippen LogP) is 0.197. The van der Waals surface area contributed by atoms with Crippen molar-refractivity contribution in [1.29, 1.82) is 0 Å². The number of amides is 3. The van der Waals surface area contributed by atoms with Crippen LogP contribution in [0.25, 0.3) is 10.9 Å². The number of aliphatic carboxylic acids is 1. The SMILES string of the molecule is CC(C)[C@H](NC(=O)c1cc2ccccc2[nH]1)C(=O)NCC(=O)N[C@H](C=O)CC(=O)O. The van der Waals surface area contributed by atoms with Gasteiger partial charge in [-0.2, -0.15) is 0 Å². The Hall–Kier alpha value is -3.69. The standard InChI is InChI=1S/C20H24N4O6/c1-11(2)18(20(30)21-9-16(26)22-13(10-25)8-17(27)28)24-19(29)15-7-12-5-3-4-6-14(12)23-15/h3-7,10-11,13,18,23H,8-9H2,1-2H3,(H,21,30)(H,22,26)(H,24,29)(H,27,28)/t13-,18-/m0/s1. The number of hydrogen-bond acceptors (Lipinski definition) is 5. The van der Waals surface area contributed by atoms with Gasteiger partial charge in [-0.3, -0.25) is 19.2 Å². The summed E-state index contributed by atoms with van der Waals surface area (Å²) < 4.78 is 0. The quantitative estimate of drug-likeness (QED) is 0.348. The number of hydrogen-bond donors (Lipinski definition) is 5. The highest BCUT2D eigenvalue weighted by Crippen LogP contribution is 2.15. The van der Waals surface area contributed by atoms with Crippen molar-refractivity contribution >= 4 is 40.9 Å². The molecule has 0 aliphatic heterocycles. The number of carbonyl (C=O) groups is 5. The van der Waals surface area contributed by atoms with Crippen LogP contribution in [0.1, 0.15) is 30.8 Å². The Kier molecular flexibility index (Phi) is 7.68. The van der Waals surface area contributed by atoms with Crippen LogP contribution in [0.2, 0.25) is 0 Å². The predicted molar refractivity (Wildman–Crippen MR) is 108 cm³/mol. The van der Waals surface area contributed by atoms with Gasteiger partial charge in [-0.05, 0) is 18.1 Å². The van der Waals surface area contributed by atoms with Crippen molar-refractivity contribution in [2.75, 3.05) is 6.54 Å². The summed E-state index contributed by atoms with van der Waals surface area (Å²) in [6.45, 7) is 3.02. The molecule has 2 aromatic rings. The van der Waals surface area contributed by atoms with Gasteiger partial charge in [0.05, 0.1) is 19.0 Å². The molecule has 5 N–H and O–H groups in total. The third-order valence-electron chi connectivity index (χ3n) is 4.34. The van der Waals surface area contributed by atoms with Crippen LogP contribution in [0.3, 0.4) is 0 Å². The lowest BCUT2D eigenvalue weighted by Gasteiger charge is -2.21. The monoisotopic (exact) mass is 416 g/mol. The van der Waals surface area contributed by atoms with Crippen molar-refractivity contribution in [3.63, 3.8) is 0 Å². The zero-order valence-corrected chi connectivity index (χ0v) is 16.6. The summed E-state index contributed by atoms with van der Waals surface area (Å²) in [4.78, 5) is 61.3. The normalized spacial score (nSPS) is 12.8. The molecule has 160 valence electrons. The maximum Gasteiger partial charge on any atom is 0.305 e. The molecule has 0 radical (unpaired) electrons. The van der Waals surface area contributed by atoms with E-state index in [9.17, 15) is 24.0 Å². The zero-order chi connectivity index (χ0) is 22.3. The molecule has 0 unspecified atom stereocenters. The number of nitrogens with one attached hydrogen (secondary N) is 4. The molecule has 1 aromatic carbocycles. The molecule has 1 heterocycles. The summed E-state index contributed by atoms with van der Waals surface area (Å²) in [5.74, 6) is -3.27. The lowest BCUT2D eigenvalue weighted by molar-refractivity contribution is -0.139. The minimum absolute atomic E-state index is 0.267. The van der Waals surface area contributed by atoms with E-state index in [0.29, 0.717) is 12.0 Å². The van der Waals surface area contributed by atoms with Crippen molar-refractivity contribution in [3.05, 3.63) is 36.0 Å². The third-order valence-corrected chi connectivity index (χ3v) is 4.34. The van der Waals surface area contributed by atoms with Crippen LogP contribution in [0.5, 0.6) is 0 Å². The smallest absolute Gasteiger partial charge is 0.305 e. The minimum Gasteiger partial charge on any atom is -0.481 e. The average molecular weight is 416 g/mol. The third kappa shape index (κ3) is 6.16. The Morgan fingerprint density at radius 2 is 1.83 bits per heavy atom. The van der Waals surface area contributed by atoms with E-state index < -0.39 is 48.7 Å². The van der Waals surface area contributed by atoms with E-state index in [0.717, 1.165) is 10.9 Å². The molecular formula is C20H24N4O6. The average Bonchev–Trinajstić information content (AvgIpc) is 3.13. The summed E-state index contributed by atoms with van der Waals surface area (Å²) in [6.07, 6.45) is -0.246. The topological polar surface area (TPSA) is 157 Å². The van der Waals surface area contributed by atoms with Crippen molar-refractivity contribution in [3.8, 4) is 0 Å². The van der Waals surface area contributed by atoms with E-state index in [2.05, 4.69) is 20.9 Å². The first-order valence-electron chi connectivity index (χ1n) is 9.34. The van der Waals surface area contributed by atoms with E-state index in [1.165, 1.54) is 0 Å². The molecular weight excluding hydrogens is 392 g/mol. The fraction of sp³-hybridized carbons (Fsp3) is 0.350.